The van der Waals surface area contributed by atoms with Crippen molar-refractivity contribution >= 4 is 10.9 Å². The van der Waals surface area contributed by atoms with Crippen LogP contribution in [0.4, 0.5) is 0 Å². The summed E-state index contributed by atoms with van der Waals surface area (Å²) in [7, 11) is 0. The quantitative estimate of drug-likeness (QED) is 0.616. The normalized spacial score (nSPS) is 21.2. The summed E-state index contributed by atoms with van der Waals surface area (Å²) in [6, 6.07) is 12.3. The van der Waals surface area contributed by atoms with Gasteiger partial charge in [0, 0.05) is 62.1 Å². The third-order valence-corrected chi connectivity index (χ3v) is 5.47. The molecule has 2 aliphatic heterocycles. The first kappa shape index (κ1) is 18.4. The van der Waals surface area contributed by atoms with E-state index < -0.39 is 5.60 Å². The van der Waals surface area contributed by atoms with E-state index in [9.17, 15) is 5.11 Å². The molecular formula is C22H25N5O2. The van der Waals surface area contributed by atoms with Gasteiger partial charge in [0.2, 0.25) is 5.88 Å². The Balaban J connectivity index is 1.26. The van der Waals surface area contributed by atoms with Crippen LogP contribution in [0.1, 0.15) is 30.5 Å². The van der Waals surface area contributed by atoms with Gasteiger partial charge in [-0.15, -0.1) is 0 Å². The topological polar surface area (TPSA) is 82.5 Å². The number of hydrazine groups is 1. The van der Waals surface area contributed by atoms with Crippen molar-refractivity contribution in [3.63, 3.8) is 0 Å². The molecule has 2 fully saturated rings. The van der Waals surface area contributed by atoms with Crippen LogP contribution < -0.4 is 15.6 Å². The number of benzene rings is 1. The standard InChI is InChI=1S/C22H25N5O2/c1-22(28)13-27(14-22)12-15-8-16-2-4-18(9-20(16)23-10-15)29-21-5-3-17(11-24-21)19-6-7-25-26-19/h2-5,8-11,19,25-26,28H,6-7,12-14H2,1H3. The maximum absolute atomic E-state index is 9.87. The largest absolute Gasteiger partial charge is 0.439 e. The number of aliphatic hydroxyl groups is 1. The van der Waals surface area contributed by atoms with E-state index in [0.29, 0.717) is 25.0 Å². The number of hydrogen-bond acceptors (Lipinski definition) is 7. The average Bonchev–Trinajstić information content (AvgIpc) is 3.22. The van der Waals surface area contributed by atoms with Crippen molar-refractivity contribution < 1.29 is 9.84 Å². The van der Waals surface area contributed by atoms with Crippen molar-refractivity contribution in [2.24, 2.45) is 0 Å². The van der Waals surface area contributed by atoms with Gasteiger partial charge in [-0.1, -0.05) is 6.07 Å². The Morgan fingerprint density at radius 2 is 2.07 bits per heavy atom. The minimum atomic E-state index is -0.548. The van der Waals surface area contributed by atoms with Crippen molar-refractivity contribution in [1.29, 1.82) is 0 Å². The molecule has 0 bridgehead atoms. The van der Waals surface area contributed by atoms with Gasteiger partial charge in [-0.05, 0) is 42.7 Å². The van der Waals surface area contributed by atoms with Gasteiger partial charge in [-0.3, -0.25) is 20.7 Å². The summed E-state index contributed by atoms with van der Waals surface area (Å²) in [4.78, 5) is 11.2. The van der Waals surface area contributed by atoms with E-state index >= 15 is 0 Å². The van der Waals surface area contributed by atoms with Gasteiger partial charge < -0.3 is 9.84 Å². The van der Waals surface area contributed by atoms with E-state index in [4.69, 9.17) is 4.74 Å². The fraction of sp³-hybridized carbons (Fsp3) is 0.364. The molecular weight excluding hydrogens is 366 g/mol. The molecule has 4 heterocycles. The van der Waals surface area contributed by atoms with Crippen molar-refractivity contribution in [2.75, 3.05) is 19.6 Å². The number of β-amino-alcohol motifs (C(OH)–C–C–N with tert-alkyl or cyclic N) is 1. The van der Waals surface area contributed by atoms with Gasteiger partial charge in [-0.25, -0.2) is 4.98 Å². The van der Waals surface area contributed by atoms with E-state index in [1.807, 2.05) is 49.6 Å². The molecule has 3 aromatic rings. The van der Waals surface area contributed by atoms with Gasteiger partial charge in [0.15, 0.2) is 0 Å². The predicted octanol–water partition coefficient (Wildman–Crippen LogP) is 2.53. The van der Waals surface area contributed by atoms with Gasteiger partial charge in [0.25, 0.3) is 0 Å². The van der Waals surface area contributed by atoms with Crippen molar-refractivity contribution in [3.05, 3.63) is 59.9 Å². The smallest absolute Gasteiger partial charge is 0.219 e. The molecule has 7 heteroatoms. The second-order valence-electron chi connectivity index (χ2n) is 8.28. The first-order valence-corrected chi connectivity index (χ1v) is 10.00. The Bertz CT molecular complexity index is 1010. The molecule has 0 amide bonds. The minimum absolute atomic E-state index is 0.304. The van der Waals surface area contributed by atoms with Crippen LogP contribution >= 0.6 is 0 Å². The maximum atomic E-state index is 9.87. The zero-order valence-corrected chi connectivity index (χ0v) is 16.4. The lowest BCUT2D eigenvalue weighted by molar-refractivity contribution is -0.0871. The molecule has 2 aromatic heterocycles. The molecule has 5 rings (SSSR count). The van der Waals surface area contributed by atoms with E-state index in [1.165, 1.54) is 0 Å². The number of pyridine rings is 2. The molecule has 0 spiro atoms. The molecule has 1 aromatic carbocycles. The van der Waals surface area contributed by atoms with Gasteiger partial charge >= 0.3 is 0 Å². The number of hydrogen-bond donors (Lipinski definition) is 3. The second-order valence-corrected chi connectivity index (χ2v) is 8.28. The summed E-state index contributed by atoms with van der Waals surface area (Å²) in [5, 5.41) is 10.9. The Morgan fingerprint density at radius 3 is 2.79 bits per heavy atom. The summed E-state index contributed by atoms with van der Waals surface area (Å²) >= 11 is 0. The fourth-order valence-electron chi connectivity index (χ4n) is 4.10. The molecule has 3 N–H and O–H groups in total. The van der Waals surface area contributed by atoms with E-state index in [-0.39, 0.29) is 0 Å². The maximum Gasteiger partial charge on any atom is 0.219 e. The van der Waals surface area contributed by atoms with Crippen LogP contribution in [0.2, 0.25) is 0 Å². The zero-order valence-electron chi connectivity index (χ0n) is 16.4. The number of nitrogens with zero attached hydrogens (tertiary/aromatic N) is 3. The van der Waals surface area contributed by atoms with Crippen molar-refractivity contribution in [2.45, 2.75) is 31.5 Å². The first-order chi connectivity index (χ1) is 14.0. The van der Waals surface area contributed by atoms with E-state index in [1.54, 1.807) is 0 Å². The van der Waals surface area contributed by atoms with Crippen molar-refractivity contribution in [3.8, 4) is 11.6 Å². The lowest BCUT2D eigenvalue weighted by atomic mass is 9.96. The summed E-state index contributed by atoms with van der Waals surface area (Å²) in [6.45, 7) is 5.05. The number of aromatic nitrogens is 2. The highest BCUT2D eigenvalue weighted by atomic mass is 16.5. The highest BCUT2D eigenvalue weighted by molar-refractivity contribution is 5.80. The van der Waals surface area contributed by atoms with E-state index in [2.05, 4.69) is 31.8 Å². The molecule has 7 nitrogen and oxygen atoms in total. The van der Waals surface area contributed by atoms with Crippen LogP contribution in [-0.2, 0) is 6.54 Å². The molecule has 1 unspecified atom stereocenters. The zero-order chi connectivity index (χ0) is 19.8. The lowest BCUT2D eigenvalue weighted by Gasteiger charge is -2.44. The van der Waals surface area contributed by atoms with Crippen LogP contribution in [0.3, 0.4) is 0 Å². The predicted molar refractivity (Wildman–Crippen MR) is 110 cm³/mol. The molecule has 150 valence electrons. The van der Waals surface area contributed by atoms with Crippen LogP contribution in [0, 0.1) is 0 Å². The highest BCUT2D eigenvalue weighted by Crippen LogP contribution is 2.27. The van der Waals surface area contributed by atoms with Crippen LogP contribution in [0.25, 0.3) is 10.9 Å². The third kappa shape index (κ3) is 4.09. The molecule has 2 aliphatic rings. The Hall–Kier alpha value is -2.58. The average molecular weight is 391 g/mol. The molecule has 2 saturated heterocycles. The summed E-state index contributed by atoms with van der Waals surface area (Å²) in [5.74, 6) is 1.29. The SMILES string of the molecule is CC1(O)CN(Cc2cnc3cc(Oc4ccc(C5CCNN5)cn4)ccc3c2)C1. The number of rotatable bonds is 5. The lowest BCUT2D eigenvalue weighted by Crippen LogP contribution is -2.59. The molecule has 0 saturated carbocycles. The number of likely N-dealkylation sites (tertiary alicyclic amines) is 1. The van der Waals surface area contributed by atoms with Crippen LogP contribution in [0.15, 0.2) is 48.8 Å². The summed E-state index contributed by atoms with van der Waals surface area (Å²) in [5.41, 5.74) is 9.01. The number of ether oxygens (including phenoxy) is 1. The fourth-order valence-corrected chi connectivity index (χ4v) is 4.10. The van der Waals surface area contributed by atoms with Gasteiger partial charge in [-0.2, -0.15) is 0 Å². The highest BCUT2D eigenvalue weighted by Gasteiger charge is 2.36. The van der Waals surface area contributed by atoms with Crippen LogP contribution in [0.5, 0.6) is 11.6 Å². The minimum Gasteiger partial charge on any atom is -0.439 e. The number of nitrogens with one attached hydrogen (secondary N) is 2. The third-order valence-electron chi connectivity index (χ3n) is 5.47. The van der Waals surface area contributed by atoms with Gasteiger partial charge in [0.05, 0.1) is 11.1 Å². The van der Waals surface area contributed by atoms with Crippen molar-refractivity contribution in [1.82, 2.24) is 25.7 Å². The summed E-state index contributed by atoms with van der Waals surface area (Å²) < 4.78 is 5.93. The molecule has 1 atom stereocenters. The Labute approximate surface area is 169 Å². The molecule has 29 heavy (non-hydrogen) atoms. The second kappa shape index (κ2) is 7.35. The van der Waals surface area contributed by atoms with Crippen LogP contribution in [-0.4, -0.2) is 45.2 Å². The first-order valence-electron chi connectivity index (χ1n) is 10.00. The Kier molecular flexibility index (Phi) is 4.67. The summed E-state index contributed by atoms with van der Waals surface area (Å²) in [6.07, 6.45) is 4.81. The number of fused-ring (bicyclic) bond motifs is 1. The van der Waals surface area contributed by atoms with Gasteiger partial charge in [0.1, 0.15) is 5.75 Å². The van der Waals surface area contributed by atoms with E-state index in [0.717, 1.165) is 47.3 Å². The monoisotopic (exact) mass is 391 g/mol. The Morgan fingerprint density at radius 1 is 1.17 bits per heavy atom. The molecule has 0 radical (unpaired) electrons. The molecule has 0 aliphatic carbocycles.